The molecule has 2 heterocycles. The summed E-state index contributed by atoms with van der Waals surface area (Å²) in [5.74, 6) is -1.43. The maximum Gasteiger partial charge on any atom is 0.262 e. The highest BCUT2D eigenvalue weighted by Gasteiger charge is 2.51. The number of hydrogen-bond donors (Lipinski definition) is 3. The molecule has 2 saturated carbocycles. The molecule has 0 bridgehead atoms. The van der Waals surface area contributed by atoms with E-state index in [2.05, 4.69) is 10.6 Å². The molecule has 3 unspecified atom stereocenters. The van der Waals surface area contributed by atoms with E-state index in [1.54, 1.807) is 12.1 Å². The fourth-order valence-electron chi connectivity index (χ4n) is 5.98. The Morgan fingerprint density at radius 2 is 1.84 bits per heavy atom. The molecular weight excluding hydrogens is 396 g/mol. The molecule has 0 radical (unpaired) electrons. The fraction of sp³-hybridized carbons (Fsp3) is 0.565. The van der Waals surface area contributed by atoms with Gasteiger partial charge in [0.15, 0.2) is 0 Å². The summed E-state index contributed by atoms with van der Waals surface area (Å²) in [6, 6.07) is 4.75. The molecule has 4 N–H and O–H groups in total. The van der Waals surface area contributed by atoms with Crippen LogP contribution in [0.1, 0.15) is 71.2 Å². The summed E-state index contributed by atoms with van der Waals surface area (Å²) in [5, 5.41) is 5.93. The van der Waals surface area contributed by atoms with Crippen LogP contribution in [-0.4, -0.2) is 47.2 Å². The summed E-state index contributed by atoms with van der Waals surface area (Å²) in [6.07, 6.45) is 6.44. The Balaban J connectivity index is 1.32. The summed E-state index contributed by atoms with van der Waals surface area (Å²) < 4.78 is 0. The quantitative estimate of drug-likeness (QED) is 0.608. The molecule has 1 aromatic carbocycles. The van der Waals surface area contributed by atoms with E-state index in [4.69, 9.17) is 5.73 Å². The first-order valence-corrected chi connectivity index (χ1v) is 11.2. The number of nitrogens with one attached hydrogen (secondary N) is 2. The van der Waals surface area contributed by atoms with Gasteiger partial charge in [-0.2, -0.15) is 0 Å². The van der Waals surface area contributed by atoms with Crippen LogP contribution in [0.4, 0.5) is 0 Å². The Labute approximate surface area is 180 Å². The molecule has 0 aromatic heterocycles. The third-order valence-corrected chi connectivity index (χ3v) is 7.83. The first-order valence-electron chi connectivity index (χ1n) is 11.2. The number of imide groups is 2. The monoisotopic (exact) mass is 424 g/mol. The lowest BCUT2D eigenvalue weighted by Crippen LogP contribution is -2.54. The Bertz CT molecular complexity index is 970. The molecule has 1 spiro atoms. The maximum atomic E-state index is 13.0. The van der Waals surface area contributed by atoms with E-state index in [1.165, 1.54) is 25.7 Å². The lowest BCUT2D eigenvalue weighted by atomic mass is 9.64. The predicted molar refractivity (Wildman–Crippen MR) is 112 cm³/mol. The van der Waals surface area contributed by atoms with Gasteiger partial charge in [0, 0.05) is 19.0 Å². The Kier molecular flexibility index (Phi) is 4.94. The summed E-state index contributed by atoms with van der Waals surface area (Å²) in [5.41, 5.74) is 7.97. The minimum atomic E-state index is -0.936. The molecule has 8 nitrogen and oxygen atoms in total. The van der Waals surface area contributed by atoms with E-state index in [1.807, 2.05) is 6.07 Å². The lowest BCUT2D eigenvalue weighted by molar-refractivity contribution is -0.136. The number of nitrogens with two attached hydrogens (primary N) is 1. The van der Waals surface area contributed by atoms with Gasteiger partial charge < -0.3 is 11.1 Å². The third-order valence-electron chi connectivity index (χ3n) is 7.83. The summed E-state index contributed by atoms with van der Waals surface area (Å²) in [7, 11) is 0. The number of fused-ring (bicyclic) bond motifs is 1. The minimum absolute atomic E-state index is 0.116. The smallest absolute Gasteiger partial charge is 0.262 e. The summed E-state index contributed by atoms with van der Waals surface area (Å²) in [4.78, 5) is 50.5. The fourth-order valence-corrected chi connectivity index (χ4v) is 5.98. The van der Waals surface area contributed by atoms with E-state index in [0.717, 1.165) is 16.9 Å². The van der Waals surface area contributed by atoms with E-state index in [0.29, 0.717) is 41.6 Å². The highest BCUT2D eigenvalue weighted by Crippen LogP contribution is 2.55. The van der Waals surface area contributed by atoms with Crippen molar-refractivity contribution in [1.29, 1.82) is 0 Å². The molecule has 1 aromatic rings. The highest BCUT2D eigenvalue weighted by molar-refractivity contribution is 6.23. The van der Waals surface area contributed by atoms with Crippen molar-refractivity contribution in [2.75, 3.05) is 6.54 Å². The molecule has 2 aliphatic heterocycles. The summed E-state index contributed by atoms with van der Waals surface area (Å²) >= 11 is 0. The van der Waals surface area contributed by atoms with Crippen molar-refractivity contribution in [2.45, 2.75) is 63.6 Å². The molecule has 2 aliphatic carbocycles. The Hall–Kier alpha value is -2.58. The second-order valence-electron chi connectivity index (χ2n) is 9.44. The van der Waals surface area contributed by atoms with E-state index < -0.39 is 23.8 Å². The number of nitrogens with zero attached hydrogens (tertiary/aromatic N) is 1. The summed E-state index contributed by atoms with van der Waals surface area (Å²) in [6.45, 7) is 1.29. The molecule has 5 rings (SSSR count). The minimum Gasteiger partial charge on any atom is -0.330 e. The zero-order chi connectivity index (χ0) is 21.8. The van der Waals surface area contributed by atoms with Crippen LogP contribution in [0.2, 0.25) is 0 Å². The zero-order valence-corrected chi connectivity index (χ0v) is 17.5. The van der Waals surface area contributed by atoms with Crippen molar-refractivity contribution >= 4 is 23.6 Å². The normalized spacial score (nSPS) is 29.3. The average Bonchev–Trinajstić information content (AvgIpc) is 3.22. The lowest BCUT2D eigenvalue weighted by Gasteiger charge is -2.45. The van der Waals surface area contributed by atoms with Gasteiger partial charge in [0.05, 0.1) is 11.1 Å². The van der Waals surface area contributed by atoms with Crippen molar-refractivity contribution < 1.29 is 19.2 Å². The number of amides is 4. The molecule has 1 saturated heterocycles. The van der Waals surface area contributed by atoms with Crippen LogP contribution in [0.3, 0.4) is 0 Å². The third kappa shape index (κ3) is 3.20. The first-order chi connectivity index (χ1) is 14.9. The van der Waals surface area contributed by atoms with Crippen LogP contribution in [0, 0.1) is 11.3 Å². The van der Waals surface area contributed by atoms with Crippen LogP contribution in [0.25, 0.3) is 0 Å². The van der Waals surface area contributed by atoms with Gasteiger partial charge in [-0.25, -0.2) is 0 Å². The average molecular weight is 425 g/mol. The van der Waals surface area contributed by atoms with E-state index >= 15 is 0 Å². The molecule has 164 valence electrons. The van der Waals surface area contributed by atoms with Crippen LogP contribution in [0.15, 0.2) is 18.2 Å². The standard InChI is InChI=1S/C23H28N4O4/c24-11-14-6-9-23(7-1-8-23)19(14)25-12-13-2-3-15-16(10-13)22(31)27(21(15)30)17-4-5-18(28)26-20(17)29/h2-3,10,14,17,19,25H,1,4-9,11-12,24H2,(H,26,28,29). The molecule has 4 aliphatic rings. The second kappa shape index (κ2) is 7.53. The van der Waals surface area contributed by atoms with Gasteiger partial charge >= 0.3 is 0 Å². The number of benzene rings is 1. The topological polar surface area (TPSA) is 122 Å². The van der Waals surface area contributed by atoms with Crippen LogP contribution >= 0.6 is 0 Å². The highest BCUT2D eigenvalue weighted by atomic mass is 16.2. The van der Waals surface area contributed by atoms with Gasteiger partial charge in [-0.1, -0.05) is 12.5 Å². The SMILES string of the molecule is NCC1CCC2(CCC2)C1NCc1ccc2c(c1)C(=O)N(C1CCC(=O)NC1=O)C2=O. The molecule has 4 amide bonds. The van der Waals surface area contributed by atoms with Crippen molar-refractivity contribution in [1.82, 2.24) is 15.5 Å². The molecular formula is C23H28N4O4. The van der Waals surface area contributed by atoms with Gasteiger partial charge in [-0.3, -0.25) is 29.4 Å². The van der Waals surface area contributed by atoms with Crippen LogP contribution < -0.4 is 16.4 Å². The number of carbonyl (C=O) groups excluding carboxylic acids is 4. The van der Waals surface area contributed by atoms with E-state index in [9.17, 15) is 19.2 Å². The van der Waals surface area contributed by atoms with Gasteiger partial charge in [-0.05, 0) is 67.7 Å². The molecule has 3 fully saturated rings. The van der Waals surface area contributed by atoms with Gasteiger partial charge in [0.25, 0.3) is 11.8 Å². The van der Waals surface area contributed by atoms with Gasteiger partial charge in [0.2, 0.25) is 11.8 Å². The van der Waals surface area contributed by atoms with E-state index in [-0.39, 0.29) is 18.7 Å². The zero-order valence-electron chi connectivity index (χ0n) is 17.5. The van der Waals surface area contributed by atoms with Gasteiger partial charge in [0.1, 0.15) is 6.04 Å². The maximum absolute atomic E-state index is 13.0. The number of carbonyl (C=O) groups is 4. The predicted octanol–water partition coefficient (Wildman–Crippen LogP) is 1.08. The molecule has 8 heteroatoms. The molecule has 3 atom stereocenters. The van der Waals surface area contributed by atoms with Crippen molar-refractivity contribution in [2.24, 2.45) is 17.1 Å². The second-order valence-corrected chi connectivity index (χ2v) is 9.44. The van der Waals surface area contributed by atoms with Crippen LogP contribution in [-0.2, 0) is 16.1 Å². The number of piperidine rings is 1. The van der Waals surface area contributed by atoms with Crippen LogP contribution in [0.5, 0.6) is 0 Å². The Morgan fingerprint density at radius 1 is 1.06 bits per heavy atom. The molecule has 31 heavy (non-hydrogen) atoms. The van der Waals surface area contributed by atoms with Crippen molar-refractivity contribution in [3.05, 3.63) is 34.9 Å². The van der Waals surface area contributed by atoms with Crippen molar-refractivity contribution in [3.8, 4) is 0 Å². The van der Waals surface area contributed by atoms with Crippen molar-refractivity contribution in [3.63, 3.8) is 0 Å². The Morgan fingerprint density at radius 3 is 2.52 bits per heavy atom. The number of hydrogen-bond acceptors (Lipinski definition) is 6. The van der Waals surface area contributed by atoms with Gasteiger partial charge in [-0.15, -0.1) is 0 Å². The largest absolute Gasteiger partial charge is 0.330 e. The number of rotatable bonds is 5. The first kappa shape index (κ1) is 20.3.